The van der Waals surface area contributed by atoms with Crippen molar-refractivity contribution in [2.45, 2.75) is 13.8 Å². The highest BCUT2D eigenvalue weighted by Crippen LogP contribution is 2.28. The van der Waals surface area contributed by atoms with Gasteiger partial charge in [0.1, 0.15) is 19.0 Å². The van der Waals surface area contributed by atoms with E-state index in [1.165, 1.54) is 5.56 Å². The van der Waals surface area contributed by atoms with Gasteiger partial charge in [-0.25, -0.2) is 0 Å². The molecule has 4 heteroatoms. The lowest BCUT2D eigenvalue weighted by Gasteiger charge is -2.13. The number of aryl methyl sites for hydroxylation is 1. The molecule has 0 spiro atoms. The second-order valence-corrected chi connectivity index (χ2v) is 4.87. The Kier molecular flexibility index (Phi) is 5.26. The van der Waals surface area contributed by atoms with Gasteiger partial charge in [0.2, 0.25) is 0 Å². The average molecular weight is 297 g/mol. The Hall–Kier alpha value is -2.67. The molecule has 0 aliphatic heterocycles. The molecule has 4 nitrogen and oxygen atoms in total. The van der Waals surface area contributed by atoms with Crippen LogP contribution in [0.2, 0.25) is 0 Å². The molecular formula is C18H19NO3. The third-order valence-electron chi connectivity index (χ3n) is 3.45. The van der Waals surface area contributed by atoms with Crippen LogP contribution in [0.3, 0.4) is 0 Å². The summed E-state index contributed by atoms with van der Waals surface area (Å²) in [4.78, 5) is 0. The van der Waals surface area contributed by atoms with Crippen molar-refractivity contribution in [1.29, 1.82) is 5.26 Å². The van der Waals surface area contributed by atoms with Crippen molar-refractivity contribution in [3.8, 4) is 23.3 Å². The third kappa shape index (κ3) is 3.70. The fourth-order valence-corrected chi connectivity index (χ4v) is 2.04. The van der Waals surface area contributed by atoms with E-state index < -0.39 is 0 Å². The monoisotopic (exact) mass is 297 g/mol. The minimum absolute atomic E-state index is 0.374. The van der Waals surface area contributed by atoms with E-state index in [0.29, 0.717) is 30.3 Å². The van der Waals surface area contributed by atoms with Crippen molar-refractivity contribution >= 4 is 0 Å². The lowest BCUT2D eigenvalue weighted by molar-refractivity contribution is 0.210. The van der Waals surface area contributed by atoms with Crippen molar-refractivity contribution in [3.05, 3.63) is 53.1 Å². The number of hydrogen-bond donors (Lipinski definition) is 0. The van der Waals surface area contributed by atoms with Crippen LogP contribution in [0.1, 0.15) is 16.7 Å². The van der Waals surface area contributed by atoms with Crippen LogP contribution in [0, 0.1) is 25.2 Å². The lowest BCUT2D eigenvalue weighted by atomic mass is 10.1. The van der Waals surface area contributed by atoms with Crippen molar-refractivity contribution in [2.75, 3.05) is 20.3 Å². The van der Waals surface area contributed by atoms with Gasteiger partial charge in [0.25, 0.3) is 0 Å². The molecule has 22 heavy (non-hydrogen) atoms. The maximum atomic E-state index is 8.93. The topological polar surface area (TPSA) is 51.5 Å². The molecule has 0 radical (unpaired) electrons. The molecule has 0 saturated carbocycles. The smallest absolute Gasteiger partial charge is 0.162 e. The first-order valence-corrected chi connectivity index (χ1v) is 7.05. The molecular weight excluding hydrogens is 278 g/mol. The van der Waals surface area contributed by atoms with E-state index in [1.807, 2.05) is 19.1 Å². The second-order valence-electron chi connectivity index (χ2n) is 4.87. The van der Waals surface area contributed by atoms with Gasteiger partial charge in [-0.05, 0) is 43.2 Å². The number of methoxy groups -OCH3 is 1. The standard InChI is InChI=1S/C18H19NO3/c1-13-5-4-6-16(14(13)2)21-9-10-22-18-11-15(12-19)7-8-17(18)20-3/h4-8,11H,9-10H2,1-3H3. The highest BCUT2D eigenvalue weighted by Gasteiger charge is 2.06. The SMILES string of the molecule is COc1ccc(C#N)cc1OCCOc1cccc(C)c1C. The second kappa shape index (κ2) is 7.37. The maximum Gasteiger partial charge on any atom is 0.162 e. The largest absolute Gasteiger partial charge is 0.493 e. The average Bonchev–Trinajstić information content (AvgIpc) is 2.55. The Labute approximate surface area is 130 Å². The summed E-state index contributed by atoms with van der Waals surface area (Å²) < 4.78 is 16.6. The predicted octanol–water partition coefficient (Wildman–Crippen LogP) is 3.64. The molecule has 0 bridgehead atoms. The molecule has 2 aromatic carbocycles. The minimum atomic E-state index is 0.374. The van der Waals surface area contributed by atoms with Gasteiger partial charge >= 0.3 is 0 Å². The van der Waals surface area contributed by atoms with Gasteiger partial charge in [-0.15, -0.1) is 0 Å². The Morgan fingerprint density at radius 1 is 0.955 bits per heavy atom. The molecule has 0 atom stereocenters. The number of ether oxygens (including phenoxy) is 3. The van der Waals surface area contributed by atoms with E-state index in [1.54, 1.807) is 25.3 Å². The van der Waals surface area contributed by atoms with Crippen molar-refractivity contribution in [3.63, 3.8) is 0 Å². The van der Waals surface area contributed by atoms with Crippen LogP contribution in [-0.2, 0) is 0 Å². The maximum absolute atomic E-state index is 8.93. The van der Waals surface area contributed by atoms with Gasteiger partial charge in [-0.1, -0.05) is 12.1 Å². The van der Waals surface area contributed by atoms with Crippen molar-refractivity contribution in [1.82, 2.24) is 0 Å². The van der Waals surface area contributed by atoms with Crippen LogP contribution in [0.5, 0.6) is 17.2 Å². The Morgan fingerprint density at radius 2 is 1.68 bits per heavy atom. The molecule has 0 heterocycles. The first kappa shape index (κ1) is 15.7. The molecule has 114 valence electrons. The van der Waals surface area contributed by atoms with E-state index in [2.05, 4.69) is 19.1 Å². The predicted molar refractivity (Wildman–Crippen MR) is 84.6 cm³/mol. The lowest BCUT2D eigenvalue weighted by Crippen LogP contribution is -2.10. The Bertz CT molecular complexity index is 689. The summed E-state index contributed by atoms with van der Waals surface area (Å²) in [5.74, 6) is 2.01. The molecule has 0 N–H and O–H groups in total. The van der Waals surface area contributed by atoms with Crippen LogP contribution in [0.15, 0.2) is 36.4 Å². The molecule has 0 fully saturated rings. The molecule has 2 rings (SSSR count). The van der Waals surface area contributed by atoms with Gasteiger partial charge in [-0.3, -0.25) is 0 Å². The fourth-order valence-electron chi connectivity index (χ4n) is 2.04. The summed E-state index contributed by atoms with van der Waals surface area (Å²) >= 11 is 0. The summed E-state index contributed by atoms with van der Waals surface area (Å²) in [6, 6.07) is 13.1. The van der Waals surface area contributed by atoms with Crippen LogP contribution < -0.4 is 14.2 Å². The first-order valence-electron chi connectivity index (χ1n) is 7.05. The molecule has 0 aliphatic rings. The molecule has 0 saturated heterocycles. The number of rotatable bonds is 6. The molecule has 0 amide bonds. The molecule has 0 aliphatic carbocycles. The number of hydrogen-bond acceptors (Lipinski definition) is 4. The van der Waals surface area contributed by atoms with Gasteiger partial charge in [0, 0.05) is 6.07 Å². The van der Waals surface area contributed by atoms with E-state index >= 15 is 0 Å². The van der Waals surface area contributed by atoms with Crippen molar-refractivity contribution < 1.29 is 14.2 Å². The molecule has 0 unspecified atom stereocenters. The first-order chi connectivity index (χ1) is 10.7. The summed E-state index contributed by atoms with van der Waals surface area (Å²) in [5.41, 5.74) is 2.86. The van der Waals surface area contributed by atoms with E-state index in [-0.39, 0.29) is 0 Å². The Morgan fingerprint density at radius 3 is 2.36 bits per heavy atom. The minimum Gasteiger partial charge on any atom is -0.493 e. The summed E-state index contributed by atoms with van der Waals surface area (Å²) in [7, 11) is 1.57. The van der Waals surface area contributed by atoms with Crippen molar-refractivity contribution in [2.24, 2.45) is 0 Å². The van der Waals surface area contributed by atoms with Gasteiger partial charge < -0.3 is 14.2 Å². The van der Waals surface area contributed by atoms with E-state index in [0.717, 1.165) is 11.3 Å². The van der Waals surface area contributed by atoms with E-state index in [4.69, 9.17) is 19.5 Å². The zero-order valence-corrected chi connectivity index (χ0v) is 13.1. The summed E-state index contributed by atoms with van der Waals surface area (Å²) in [6.07, 6.45) is 0. The number of nitrogens with zero attached hydrogens (tertiary/aromatic N) is 1. The van der Waals surface area contributed by atoms with Gasteiger partial charge in [0.05, 0.1) is 18.7 Å². The number of nitriles is 1. The highest BCUT2D eigenvalue weighted by molar-refractivity contribution is 5.46. The van der Waals surface area contributed by atoms with Crippen LogP contribution in [0.4, 0.5) is 0 Å². The van der Waals surface area contributed by atoms with E-state index in [9.17, 15) is 0 Å². The zero-order chi connectivity index (χ0) is 15.9. The van der Waals surface area contributed by atoms with Gasteiger partial charge in [0.15, 0.2) is 11.5 Å². The number of benzene rings is 2. The fraction of sp³-hybridized carbons (Fsp3) is 0.278. The molecule has 0 aromatic heterocycles. The zero-order valence-electron chi connectivity index (χ0n) is 13.1. The summed E-state index contributed by atoms with van der Waals surface area (Å²) in [6.45, 7) is 4.88. The van der Waals surface area contributed by atoms with Crippen LogP contribution >= 0.6 is 0 Å². The highest BCUT2D eigenvalue weighted by atomic mass is 16.5. The van der Waals surface area contributed by atoms with Gasteiger partial charge in [-0.2, -0.15) is 5.26 Å². The summed E-state index contributed by atoms with van der Waals surface area (Å²) in [5, 5.41) is 8.93. The van der Waals surface area contributed by atoms with Crippen LogP contribution in [-0.4, -0.2) is 20.3 Å². The Balaban J connectivity index is 1.94. The van der Waals surface area contributed by atoms with Crippen LogP contribution in [0.25, 0.3) is 0 Å². The third-order valence-corrected chi connectivity index (χ3v) is 3.45. The quantitative estimate of drug-likeness (QED) is 0.764. The normalized spacial score (nSPS) is 9.91. The molecule has 2 aromatic rings.